The van der Waals surface area contributed by atoms with Gasteiger partial charge in [-0.15, -0.1) is 0 Å². The standard InChI is InChI=1S/C20H35N3O4S/c1-2-28(25,26)23(17-7-8-17)18-9-14-27-20(15-18)10-12-22(13-11-20)19(24)21-16-5-3-4-6-16/h16-18H,2-15H2,1H3,(H,21,24). The van der Waals surface area contributed by atoms with Gasteiger partial charge in [-0.1, -0.05) is 12.8 Å². The Morgan fingerprint density at radius 1 is 1.11 bits per heavy atom. The summed E-state index contributed by atoms with van der Waals surface area (Å²) in [5.74, 6) is 0.170. The average molecular weight is 414 g/mol. The molecular formula is C20H35N3O4S. The van der Waals surface area contributed by atoms with Crippen LogP contribution in [0.5, 0.6) is 0 Å². The number of rotatable bonds is 5. The third kappa shape index (κ3) is 4.33. The van der Waals surface area contributed by atoms with Crippen LogP contribution in [0.2, 0.25) is 0 Å². The molecule has 1 atom stereocenters. The Labute approximate surface area is 169 Å². The van der Waals surface area contributed by atoms with Crippen LogP contribution in [0.4, 0.5) is 4.79 Å². The number of nitrogens with zero attached hydrogens (tertiary/aromatic N) is 2. The lowest BCUT2D eigenvalue weighted by atomic mass is 9.82. The second kappa shape index (κ2) is 8.11. The number of urea groups is 1. The van der Waals surface area contributed by atoms with Gasteiger partial charge in [0, 0.05) is 37.8 Å². The molecule has 4 rings (SSSR count). The number of carbonyl (C=O) groups excluding carboxylic acids is 1. The smallest absolute Gasteiger partial charge is 0.317 e. The van der Waals surface area contributed by atoms with Gasteiger partial charge in [0.05, 0.1) is 11.4 Å². The number of nitrogens with one attached hydrogen (secondary N) is 1. The van der Waals surface area contributed by atoms with E-state index >= 15 is 0 Å². The topological polar surface area (TPSA) is 79.0 Å². The molecule has 2 amide bonds. The first-order valence-electron chi connectivity index (χ1n) is 11.1. The normalized spacial score (nSPS) is 28.8. The van der Waals surface area contributed by atoms with Crippen molar-refractivity contribution in [3.8, 4) is 0 Å². The quantitative estimate of drug-likeness (QED) is 0.751. The molecule has 28 heavy (non-hydrogen) atoms. The highest BCUT2D eigenvalue weighted by Crippen LogP contribution is 2.41. The van der Waals surface area contributed by atoms with Gasteiger partial charge in [-0.25, -0.2) is 13.2 Å². The highest BCUT2D eigenvalue weighted by molar-refractivity contribution is 7.89. The van der Waals surface area contributed by atoms with E-state index in [1.807, 2.05) is 9.21 Å². The Kier molecular flexibility index (Phi) is 5.91. The van der Waals surface area contributed by atoms with Crippen LogP contribution in [-0.4, -0.2) is 72.8 Å². The lowest BCUT2D eigenvalue weighted by molar-refractivity contribution is -0.122. The first-order chi connectivity index (χ1) is 13.4. The second-order valence-electron chi connectivity index (χ2n) is 9.06. The van der Waals surface area contributed by atoms with Crippen molar-refractivity contribution in [2.24, 2.45) is 0 Å². The summed E-state index contributed by atoms with van der Waals surface area (Å²) in [7, 11) is -3.19. The Morgan fingerprint density at radius 2 is 1.79 bits per heavy atom. The third-order valence-corrected chi connectivity index (χ3v) is 9.03. The summed E-state index contributed by atoms with van der Waals surface area (Å²) in [6, 6.07) is 0.639. The van der Waals surface area contributed by atoms with E-state index in [4.69, 9.17) is 4.74 Å². The Hall–Kier alpha value is -0.860. The van der Waals surface area contributed by atoms with Crippen LogP contribution in [0, 0.1) is 0 Å². The molecule has 0 radical (unpaired) electrons. The number of hydrogen-bond acceptors (Lipinski definition) is 4. The maximum Gasteiger partial charge on any atom is 0.317 e. The van der Waals surface area contributed by atoms with E-state index in [-0.39, 0.29) is 29.5 Å². The molecule has 0 aromatic heterocycles. The predicted molar refractivity (Wildman–Crippen MR) is 108 cm³/mol. The predicted octanol–water partition coefficient (Wildman–Crippen LogP) is 2.47. The molecule has 0 aromatic rings. The monoisotopic (exact) mass is 413 g/mol. The first kappa shape index (κ1) is 20.4. The van der Waals surface area contributed by atoms with Crippen LogP contribution in [0.3, 0.4) is 0 Å². The van der Waals surface area contributed by atoms with E-state index in [9.17, 15) is 13.2 Å². The van der Waals surface area contributed by atoms with E-state index in [1.54, 1.807) is 6.92 Å². The molecule has 0 bridgehead atoms. The van der Waals surface area contributed by atoms with E-state index in [0.717, 1.165) is 51.4 Å². The van der Waals surface area contributed by atoms with Crippen LogP contribution >= 0.6 is 0 Å². The van der Waals surface area contributed by atoms with Crippen molar-refractivity contribution in [3.05, 3.63) is 0 Å². The highest BCUT2D eigenvalue weighted by atomic mass is 32.2. The highest BCUT2D eigenvalue weighted by Gasteiger charge is 2.48. The molecule has 4 aliphatic rings. The van der Waals surface area contributed by atoms with Crippen LogP contribution in [0.1, 0.15) is 71.1 Å². The number of piperidine rings is 1. The number of sulfonamides is 1. The van der Waals surface area contributed by atoms with E-state index in [0.29, 0.717) is 25.7 Å². The summed E-state index contributed by atoms with van der Waals surface area (Å²) in [4.78, 5) is 14.5. The molecule has 8 heteroatoms. The van der Waals surface area contributed by atoms with Crippen molar-refractivity contribution in [2.75, 3.05) is 25.4 Å². The third-order valence-electron chi connectivity index (χ3n) is 7.06. The number of carbonyl (C=O) groups is 1. The number of hydrogen-bond donors (Lipinski definition) is 1. The van der Waals surface area contributed by atoms with E-state index in [1.165, 1.54) is 12.8 Å². The minimum Gasteiger partial charge on any atom is -0.375 e. The maximum absolute atomic E-state index is 12.7. The van der Waals surface area contributed by atoms with Gasteiger partial charge in [-0.05, 0) is 58.3 Å². The van der Waals surface area contributed by atoms with E-state index in [2.05, 4.69) is 5.32 Å². The molecule has 2 saturated heterocycles. The minimum absolute atomic E-state index is 0.0464. The SMILES string of the molecule is CCS(=O)(=O)N(C1CC1)C1CCOC2(CCN(C(=O)NC3CCCC3)CC2)C1. The van der Waals surface area contributed by atoms with Gasteiger partial charge < -0.3 is 15.0 Å². The summed E-state index contributed by atoms with van der Waals surface area (Å²) < 4.78 is 33.4. The molecule has 0 aromatic carbocycles. The van der Waals surface area contributed by atoms with Crippen molar-refractivity contribution >= 4 is 16.1 Å². The zero-order chi connectivity index (χ0) is 19.8. The largest absolute Gasteiger partial charge is 0.375 e. The Balaban J connectivity index is 1.36. The molecule has 160 valence electrons. The van der Waals surface area contributed by atoms with Gasteiger partial charge in [0.1, 0.15) is 0 Å². The number of amides is 2. The van der Waals surface area contributed by atoms with E-state index < -0.39 is 10.0 Å². The van der Waals surface area contributed by atoms with Gasteiger partial charge in [0.15, 0.2) is 0 Å². The fourth-order valence-electron chi connectivity index (χ4n) is 5.25. The fraction of sp³-hybridized carbons (Fsp3) is 0.950. The second-order valence-corrected chi connectivity index (χ2v) is 11.2. The van der Waals surface area contributed by atoms with Crippen LogP contribution in [0.15, 0.2) is 0 Å². The molecule has 2 aliphatic heterocycles. The van der Waals surface area contributed by atoms with Crippen molar-refractivity contribution in [2.45, 2.75) is 94.9 Å². The van der Waals surface area contributed by atoms with Crippen LogP contribution < -0.4 is 5.32 Å². The summed E-state index contributed by atoms with van der Waals surface area (Å²) in [5.41, 5.74) is -0.274. The van der Waals surface area contributed by atoms with Crippen molar-refractivity contribution < 1.29 is 17.9 Å². The molecule has 1 spiro atoms. The van der Waals surface area contributed by atoms with Crippen molar-refractivity contribution in [3.63, 3.8) is 0 Å². The summed E-state index contributed by atoms with van der Waals surface area (Å²) in [6.07, 6.45) is 9.72. The minimum atomic E-state index is -3.19. The first-order valence-corrected chi connectivity index (χ1v) is 12.7. The van der Waals surface area contributed by atoms with Crippen molar-refractivity contribution in [1.82, 2.24) is 14.5 Å². The molecule has 2 heterocycles. The molecular weight excluding hydrogens is 378 g/mol. The van der Waals surface area contributed by atoms with Gasteiger partial charge in [-0.3, -0.25) is 0 Å². The number of ether oxygens (including phenoxy) is 1. The molecule has 4 fully saturated rings. The molecule has 7 nitrogen and oxygen atoms in total. The van der Waals surface area contributed by atoms with Crippen molar-refractivity contribution in [1.29, 1.82) is 0 Å². The zero-order valence-electron chi connectivity index (χ0n) is 17.1. The summed E-state index contributed by atoms with van der Waals surface area (Å²) in [5, 5.41) is 3.18. The van der Waals surface area contributed by atoms with Gasteiger partial charge in [0.25, 0.3) is 0 Å². The summed E-state index contributed by atoms with van der Waals surface area (Å²) >= 11 is 0. The lowest BCUT2D eigenvalue weighted by Gasteiger charge is -2.48. The Bertz CT molecular complexity index is 665. The summed E-state index contributed by atoms with van der Waals surface area (Å²) in [6.45, 7) is 3.73. The van der Waals surface area contributed by atoms with Crippen LogP contribution in [-0.2, 0) is 14.8 Å². The molecule has 2 aliphatic carbocycles. The molecule has 1 unspecified atom stereocenters. The Morgan fingerprint density at radius 3 is 2.39 bits per heavy atom. The maximum atomic E-state index is 12.7. The van der Waals surface area contributed by atoms with Gasteiger partial charge >= 0.3 is 6.03 Å². The lowest BCUT2D eigenvalue weighted by Crippen LogP contribution is -2.57. The van der Waals surface area contributed by atoms with Crippen LogP contribution in [0.25, 0.3) is 0 Å². The zero-order valence-corrected chi connectivity index (χ0v) is 17.9. The number of likely N-dealkylation sites (tertiary alicyclic amines) is 1. The average Bonchev–Trinajstić information content (AvgIpc) is 3.37. The molecule has 2 saturated carbocycles. The van der Waals surface area contributed by atoms with Gasteiger partial charge in [-0.2, -0.15) is 4.31 Å². The fourth-order valence-corrected chi connectivity index (χ4v) is 6.85. The van der Waals surface area contributed by atoms with Gasteiger partial charge in [0.2, 0.25) is 10.0 Å². The molecule has 1 N–H and O–H groups in total.